The van der Waals surface area contributed by atoms with E-state index in [0.717, 1.165) is 22.0 Å². The van der Waals surface area contributed by atoms with Crippen LogP contribution in [0.25, 0.3) is 0 Å². The third-order valence-corrected chi connectivity index (χ3v) is 3.34. The molecule has 0 saturated heterocycles. The summed E-state index contributed by atoms with van der Waals surface area (Å²) in [5.74, 6) is 0. The van der Waals surface area contributed by atoms with E-state index in [-0.39, 0.29) is 6.04 Å². The second kappa shape index (κ2) is 5.46. The Morgan fingerprint density at radius 3 is 2.50 bits per heavy atom. The molecule has 2 aromatic heterocycles. The monoisotopic (exact) mass is 260 g/mol. The van der Waals surface area contributed by atoms with Crippen LogP contribution in [0.15, 0.2) is 34.6 Å². The number of hydrogen-bond donors (Lipinski definition) is 1. The summed E-state index contributed by atoms with van der Waals surface area (Å²) in [7, 11) is 0. The predicted octanol–water partition coefficient (Wildman–Crippen LogP) is 2.66. The van der Waals surface area contributed by atoms with Gasteiger partial charge in [0.1, 0.15) is 5.03 Å². The molecule has 0 fully saturated rings. The third kappa shape index (κ3) is 3.05. The van der Waals surface area contributed by atoms with Crippen LogP contribution in [0.5, 0.6) is 0 Å². The second-order valence-corrected chi connectivity index (χ2v) is 5.18. The minimum Gasteiger partial charge on any atom is -0.324 e. The van der Waals surface area contributed by atoms with E-state index < -0.39 is 0 Å². The molecule has 0 spiro atoms. The Kier molecular flexibility index (Phi) is 3.93. The molecule has 0 aromatic carbocycles. The summed E-state index contributed by atoms with van der Waals surface area (Å²) in [6, 6.07) is 5.79. The van der Waals surface area contributed by atoms with E-state index in [0.29, 0.717) is 5.16 Å². The number of aromatic nitrogens is 3. The van der Waals surface area contributed by atoms with Crippen LogP contribution in [0.3, 0.4) is 0 Å². The lowest BCUT2D eigenvalue weighted by atomic mass is 10.2. The van der Waals surface area contributed by atoms with E-state index in [2.05, 4.69) is 15.0 Å². The average Bonchev–Trinajstić information content (AvgIpc) is 2.27. The van der Waals surface area contributed by atoms with Gasteiger partial charge in [0.2, 0.25) is 0 Å². The Morgan fingerprint density at radius 2 is 1.89 bits per heavy atom. The van der Waals surface area contributed by atoms with Crippen molar-refractivity contribution in [3.05, 3.63) is 41.3 Å². The van der Waals surface area contributed by atoms with Crippen molar-refractivity contribution in [1.29, 1.82) is 0 Å². The van der Waals surface area contributed by atoms with Crippen molar-refractivity contribution in [2.75, 3.05) is 0 Å². The van der Waals surface area contributed by atoms with Gasteiger partial charge in [0.25, 0.3) is 0 Å². The smallest absolute Gasteiger partial charge is 0.194 e. The van der Waals surface area contributed by atoms with Crippen LogP contribution in [0.1, 0.15) is 29.9 Å². The minimum absolute atomic E-state index is 0.0490. The lowest BCUT2D eigenvalue weighted by Gasteiger charge is -2.10. The van der Waals surface area contributed by atoms with Gasteiger partial charge in [-0.25, -0.2) is 15.0 Å². The fraction of sp³-hybridized carbons (Fsp3) is 0.308. The quantitative estimate of drug-likeness (QED) is 0.859. The van der Waals surface area contributed by atoms with Crippen LogP contribution < -0.4 is 5.73 Å². The normalized spacial score (nSPS) is 12.4. The molecule has 18 heavy (non-hydrogen) atoms. The molecule has 0 aliphatic rings. The fourth-order valence-corrected chi connectivity index (χ4v) is 2.70. The molecule has 5 heteroatoms. The number of nitrogens with zero attached hydrogens (tertiary/aromatic N) is 3. The van der Waals surface area contributed by atoms with Crippen LogP contribution in [0.4, 0.5) is 0 Å². The summed E-state index contributed by atoms with van der Waals surface area (Å²) in [5.41, 5.74) is 8.88. The maximum absolute atomic E-state index is 5.93. The summed E-state index contributed by atoms with van der Waals surface area (Å²) in [6.45, 7) is 5.87. The average molecular weight is 260 g/mol. The van der Waals surface area contributed by atoms with Gasteiger partial charge in [-0.3, -0.25) is 0 Å². The first-order valence-electron chi connectivity index (χ1n) is 5.77. The molecule has 0 aliphatic carbocycles. The third-order valence-electron chi connectivity index (χ3n) is 2.44. The van der Waals surface area contributed by atoms with E-state index in [9.17, 15) is 0 Å². The highest BCUT2D eigenvalue weighted by molar-refractivity contribution is 7.99. The van der Waals surface area contributed by atoms with E-state index in [1.54, 1.807) is 6.20 Å². The van der Waals surface area contributed by atoms with Crippen molar-refractivity contribution >= 4 is 11.8 Å². The zero-order chi connectivity index (χ0) is 13.1. The highest BCUT2D eigenvalue weighted by Gasteiger charge is 2.11. The Labute approximate surface area is 111 Å². The topological polar surface area (TPSA) is 64.7 Å². The van der Waals surface area contributed by atoms with Crippen LogP contribution in [-0.4, -0.2) is 15.0 Å². The van der Waals surface area contributed by atoms with Gasteiger partial charge in [-0.15, -0.1) is 0 Å². The molecule has 0 amide bonds. The second-order valence-electron chi connectivity index (χ2n) is 4.22. The maximum Gasteiger partial charge on any atom is 0.194 e. The summed E-state index contributed by atoms with van der Waals surface area (Å²) < 4.78 is 0. The van der Waals surface area contributed by atoms with Crippen molar-refractivity contribution in [2.45, 2.75) is 37.0 Å². The molecule has 2 heterocycles. The molecule has 0 unspecified atom stereocenters. The Bertz CT molecular complexity index is 534. The standard InChI is InChI=1S/C13H16N4S/c1-8-7-9(2)17-13(16-8)18-12-11(10(3)14)5-4-6-15-12/h4-7,10H,14H2,1-3H3/t10-/m1/s1. The largest absolute Gasteiger partial charge is 0.324 e. The first-order valence-corrected chi connectivity index (χ1v) is 6.58. The molecule has 2 N–H and O–H groups in total. The number of hydrogen-bond acceptors (Lipinski definition) is 5. The van der Waals surface area contributed by atoms with Crippen LogP contribution >= 0.6 is 11.8 Å². The number of pyridine rings is 1. The highest BCUT2D eigenvalue weighted by atomic mass is 32.2. The first-order chi connectivity index (χ1) is 8.56. The first kappa shape index (κ1) is 13.0. The lowest BCUT2D eigenvalue weighted by molar-refractivity contribution is 0.777. The van der Waals surface area contributed by atoms with Gasteiger partial charge in [0.05, 0.1) is 0 Å². The van der Waals surface area contributed by atoms with Crippen molar-refractivity contribution in [2.24, 2.45) is 5.73 Å². The molecule has 2 rings (SSSR count). The van der Waals surface area contributed by atoms with E-state index in [1.165, 1.54) is 11.8 Å². The van der Waals surface area contributed by atoms with Gasteiger partial charge in [0.15, 0.2) is 5.16 Å². The van der Waals surface area contributed by atoms with Crippen molar-refractivity contribution in [3.8, 4) is 0 Å². The predicted molar refractivity (Wildman–Crippen MR) is 72.5 cm³/mol. The van der Waals surface area contributed by atoms with Crippen LogP contribution in [0, 0.1) is 13.8 Å². The minimum atomic E-state index is -0.0490. The molecule has 1 atom stereocenters. The summed E-state index contributed by atoms with van der Waals surface area (Å²) in [5, 5.41) is 1.59. The number of rotatable bonds is 3. The fourth-order valence-electron chi connectivity index (χ4n) is 1.66. The molecule has 0 aliphatic heterocycles. The SMILES string of the molecule is Cc1cc(C)nc(Sc2ncccc2[C@@H](C)N)n1. The lowest BCUT2D eigenvalue weighted by Crippen LogP contribution is -2.07. The zero-order valence-corrected chi connectivity index (χ0v) is 11.5. The number of aryl methyl sites for hydroxylation is 2. The summed E-state index contributed by atoms with van der Waals surface area (Å²) in [6.07, 6.45) is 1.76. The Morgan fingerprint density at radius 1 is 1.22 bits per heavy atom. The maximum atomic E-state index is 5.93. The van der Waals surface area contributed by atoms with Crippen molar-refractivity contribution < 1.29 is 0 Å². The molecule has 94 valence electrons. The Hall–Kier alpha value is -1.46. The van der Waals surface area contributed by atoms with Crippen LogP contribution in [0.2, 0.25) is 0 Å². The Balaban J connectivity index is 2.34. The van der Waals surface area contributed by atoms with Gasteiger partial charge in [0, 0.05) is 29.2 Å². The van der Waals surface area contributed by atoms with E-state index >= 15 is 0 Å². The van der Waals surface area contributed by atoms with E-state index in [1.807, 2.05) is 39.0 Å². The van der Waals surface area contributed by atoms with Gasteiger partial charge in [-0.1, -0.05) is 6.07 Å². The van der Waals surface area contributed by atoms with Crippen molar-refractivity contribution in [1.82, 2.24) is 15.0 Å². The zero-order valence-electron chi connectivity index (χ0n) is 10.7. The molecule has 0 bridgehead atoms. The molecular formula is C13H16N4S. The molecular weight excluding hydrogens is 244 g/mol. The summed E-state index contributed by atoms with van der Waals surface area (Å²) >= 11 is 1.46. The van der Waals surface area contributed by atoms with Gasteiger partial charge in [-0.2, -0.15) is 0 Å². The highest BCUT2D eigenvalue weighted by Crippen LogP contribution is 2.28. The van der Waals surface area contributed by atoms with Gasteiger partial charge >= 0.3 is 0 Å². The summed E-state index contributed by atoms with van der Waals surface area (Å²) in [4.78, 5) is 13.2. The molecule has 2 aromatic rings. The van der Waals surface area contributed by atoms with E-state index in [4.69, 9.17) is 5.73 Å². The molecule has 4 nitrogen and oxygen atoms in total. The van der Waals surface area contributed by atoms with Gasteiger partial charge < -0.3 is 5.73 Å². The molecule has 0 radical (unpaired) electrons. The van der Waals surface area contributed by atoms with Crippen molar-refractivity contribution in [3.63, 3.8) is 0 Å². The molecule has 0 saturated carbocycles. The van der Waals surface area contributed by atoms with Gasteiger partial charge in [-0.05, 0) is 44.7 Å². The number of nitrogens with two attached hydrogens (primary N) is 1. The van der Waals surface area contributed by atoms with Crippen LogP contribution in [-0.2, 0) is 0 Å².